The Morgan fingerprint density at radius 1 is 1.29 bits per heavy atom. The second-order valence-corrected chi connectivity index (χ2v) is 6.71. The minimum atomic E-state index is -3.09. The van der Waals surface area contributed by atoms with E-state index in [4.69, 9.17) is 15.2 Å². The first-order valence-electron chi connectivity index (χ1n) is 5.32. The lowest BCUT2D eigenvalue weighted by Crippen LogP contribution is -2.13. The first-order chi connectivity index (χ1) is 7.98. The fourth-order valence-corrected chi connectivity index (χ4v) is 3.91. The molecular weight excluding hydrogens is 242 g/mol. The van der Waals surface area contributed by atoms with Gasteiger partial charge in [-0.05, 0) is 17.7 Å². The van der Waals surface area contributed by atoms with Crippen LogP contribution in [0.4, 0.5) is 0 Å². The predicted octanol–water partition coefficient (Wildman–Crippen LogP) is 0.253. The highest BCUT2D eigenvalue weighted by Crippen LogP contribution is 2.47. The summed E-state index contributed by atoms with van der Waals surface area (Å²) in [5.41, 5.74) is 6.72. The summed E-state index contributed by atoms with van der Waals surface area (Å²) in [6.45, 7) is 0.213. The Balaban J connectivity index is 1.92. The SMILES string of the molecule is CS(=O)(=O)[C@@H]1[C@@H](N)[C@@H]1c1ccc2c(c1)OCO2. The van der Waals surface area contributed by atoms with Crippen LogP contribution in [0.25, 0.3) is 0 Å². The van der Waals surface area contributed by atoms with Gasteiger partial charge in [-0.3, -0.25) is 0 Å². The maximum atomic E-state index is 11.5. The fourth-order valence-electron chi connectivity index (χ4n) is 2.39. The quantitative estimate of drug-likeness (QED) is 0.819. The topological polar surface area (TPSA) is 78.6 Å². The van der Waals surface area contributed by atoms with E-state index in [9.17, 15) is 8.42 Å². The minimum absolute atomic E-state index is 0.125. The first-order valence-corrected chi connectivity index (χ1v) is 7.28. The Kier molecular flexibility index (Phi) is 2.15. The second-order valence-electron chi connectivity index (χ2n) is 4.51. The summed E-state index contributed by atoms with van der Waals surface area (Å²) < 4.78 is 33.4. The molecule has 0 amide bonds. The highest BCUT2D eigenvalue weighted by molar-refractivity contribution is 7.91. The third-order valence-corrected chi connectivity index (χ3v) is 4.88. The zero-order valence-corrected chi connectivity index (χ0v) is 10.1. The van der Waals surface area contributed by atoms with E-state index in [0.717, 1.165) is 5.56 Å². The van der Waals surface area contributed by atoms with Crippen molar-refractivity contribution in [3.05, 3.63) is 23.8 Å². The van der Waals surface area contributed by atoms with Crippen LogP contribution in [0, 0.1) is 0 Å². The van der Waals surface area contributed by atoms with Crippen molar-refractivity contribution in [2.24, 2.45) is 5.73 Å². The maximum Gasteiger partial charge on any atom is 0.231 e. The number of hydrogen-bond acceptors (Lipinski definition) is 5. The lowest BCUT2D eigenvalue weighted by Gasteiger charge is -2.01. The van der Waals surface area contributed by atoms with Crippen LogP contribution in [0.5, 0.6) is 11.5 Å². The van der Waals surface area contributed by atoms with Crippen LogP contribution in [0.2, 0.25) is 0 Å². The van der Waals surface area contributed by atoms with Gasteiger partial charge in [0, 0.05) is 18.2 Å². The summed E-state index contributed by atoms with van der Waals surface area (Å²) in [7, 11) is -3.09. The molecule has 0 spiro atoms. The molecule has 2 N–H and O–H groups in total. The van der Waals surface area contributed by atoms with Crippen molar-refractivity contribution in [3.8, 4) is 11.5 Å². The van der Waals surface area contributed by atoms with Gasteiger partial charge in [-0.1, -0.05) is 6.07 Å². The van der Waals surface area contributed by atoms with Gasteiger partial charge in [-0.25, -0.2) is 8.42 Å². The fraction of sp³-hybridized carbons (Fsp3) is 0.455. The van der Waals surface area contributed by atoms with E-state index in [-0.39, 0.29) is 18.8 Å². The van der Waals surface area contributed by atoms with E-state index in [0.29, 0.717) is 11.5 Å². The van der Waals surface area contributed by atoms with Crippen molar-refractivity contribution >= 4 is 9.84 Å². The van der Waals surface area contributed by atoms with Gasteiger partial charge in [0.2, 0.25) is 6.79 Å². The van der Waals surface area contributed by atoms with Gasteiger partial charge in [0.1, 0.15) is 0 Å². The third kappa shape index (κ3) is 1.68. The summed E-state index contributed by atoms with van der Waals surface area (Å²) in [5.74, 6) is 1.23. The molecule has 0 aromatic heterocycles. The van der Waals surface area contributed by atoms with Crippen molar-refractivity contribution in [2.45, 2.75) is 17.2 Å². The molecule has 1 fully saturated rings. The van der Waals surface area contributed by atoms with Crippen LogP contribution in [-0.2, 0) is 9.84 Å². The summed E-state index contributed by atoms with van der Waals surface area (Å²) in [6.07, 6.45) is 1.23. The number of rotatable bonds is 2. The lowest BCUT2D eigenvalue weighted by molar-refractivity contribution is 0.174. The normalized spacial score (nSPS) is 30.4. The molecule has 92 valence electrons. The minimum Gasteiger partial charge on any atom is -0.454 e. The van der Waals surface area contributed by atoms with Gasteiger partial charge in [0.05, 0.1) is 5.25 Å². The molecule has 0 radical (unpaired) electrons. The van der Waals surface area contributed by atoms with Crippen LogP contribution in [0.1, 0.15) is 11.5 Å². The highest BCUT2D eigenvalue weighted by Gasteiger charge is 2.55. The van der Waals surface area contributed by atoms with Crippen LogP contribution >= 0.6 is 0 Å². The average molecular weight is 255 g/mol. The molecular formula is C11H13NO4S. The molecule has 1 aliphatic heterocycles. The Morgan fingerprint density at radius 3 is 2.65 bits per heavy atom. The molecule has 2 aliphatic rings. The number of ether oxygens (including phenoxy) is 2. The maximum absolute atomic E-state index is 11.5. The van der Waals surface area contributed by atoms with Crippen molar-refractivity contribution in [2.75, 3.05) is 13.0 Å². The predicted molar refractivity (Wildman–Crippen MR) is 61.9 cm³/mol. The molecule has 17 heavy (non-hydrogen) atoms. The van der Waals surface area contributed by atoms with Crippen LogP contribution in [0.15, 0.2) is 18.2 Å². The molecule has 1 saturated carbocycles. The molecule has 1 heterocycles. The number of hydrogen-bond donors (Lipinski definition) is 1. The number of fused-ring (bicyclic) bond motifs is 1. The Bertz CT molecular complexity index is 569. The van der Waals surface area contributed by atoms with Gasteiger partial charge >= 0.3 is 0 Å². The van der Waals surface area contributed by atoms with Crippen LogP contribution in [-0.4, -0.2) is 32.8 Å². The molecule has 0 saturated heterocycles. The monoisotopic (exact) mass is 255 g/mol. The largest absolute Gasteiger partial charge is 0.454 e. The highest BCUT2D eigenvalue weighted by atomic mass is 32.2. The second kappa shape index (κ2) is 3.36. The Hall–Kier alpha value is -1.27. The summed E-state index contributed by atoms with van der Waals surface area (Å²) in [5, 5.41) is -0.470. The molecule has 3 rings (SSSR count). The molecule has 0 unspecified atom stereocenters. The number of sulfone groups is 1. The van der Waals surface area contributed by atoms with E-state index < -0.39 is 15.1 Å². The smallest absolute Gasteiger partial charge is 0.231 e. The van der Waals surface area contributed by atoms with Crippen LogP contribution in [0.3, 0.4) is 0 Å². The number of nitrogens with two attached hydrogens (primary N) is 1. The van der Waals surface area contributed by atoms with Crippen molar-refractivity contribution < 1.29 is 17.9 Å². The molecule has 1 aromatic rings. The zero-order valence-electron chi connectivity index (χ0n) is 9.29. The van der Waals surface area contributed by atoms with Gasteiger partial charge in [0.15, 0.2) is 21.3 Å². The zero-order chi connectivity index (χ0) is 12.2. The molecule has 6 heteroatoms. The lowest BCUT2D eigenvalue weighted by atomic mass is 10.1. The van der Waals surface area contributed by atoms with E-state index in [1.165, 1.54) is 6.26 Å². The molecule has 1 aliphatic carbocycles. The van der Waals surface area contributed by atoms with Gasteiger partial charge in [0.25, 0.3) is 0 Å². The molecule has 5 nitrogen and oxygen atoms in total. The van der Waals surface area contributed by atoms with Crippen molar-refractivity contribution in [1.29, 1.82) is 0 Å². The van der Waals surface area contributed by atoms with E-state index in [1.54, 1.807) is 6.07 Å². The Morgan fingerprint density at radius 2 is 2.00 bits per heavy atom. The standard InChI is InChI=1S/C11H13NO4S/c1-17(13,14)11-9(10(11)12)6-2-3-7-8(4-6)16-5-15-7/h2-4,9-11H,5,12H2,1H3/t9-,10-,11-/m0/s1. The van der Waals surface area contributed by atoms with Crippen molar-refractivity contribution in [3.63, 3.8) is 0 Å². The van der Waals surface area contributed by atoms with E-state index >= 15 is 0 Å². The summed E-state index contributed by atoms with van der Waals surface area (Å²) >= 11 is 0. The summed E-state index contributed by atoms with van der Waals surface area (Å²) in [4.78, 5) is 0. The van der Waals surface area contributed by atoms with Gasteiger partial charge in [-0.2, -0.15) is 0 Å². The van der Waals surface area contributed by atoms with Crippen LogP contribution < -0.4 is 15.2 Å². The average Bonchev–Trinajstić information content (AvgIpc) is 2.73. The molecule has 1 aromatic carbocycles. The van der Waals surface area contributed by atoms with Gasteiger partial charge in [-0.15, -0.1) is 0 Å². The molecule has 0 bridgehead atoms. The Labute approximate surface area is 99.4 Å². The van der Waals surface area contributed by atoms with Crippen molar-refractivity contribution in [1.82, 2.24) is 0 Å². The summed E-state index contributed by atoms with van der Waals surface area (Å²) in [6, 6.07) is 5.15. The third-order valence-electron chi connectivity index (χ3n) is 3.28. The number of benzene rings is 1. The van der Waals surface area contributed by atoms with E-state index in [1.807, 2.05) is 12.1 Å². The first kappa shape index (κ1) is 10.9. The van der Waals surface area contributed by atoms with Gasteiger partial charge < -0.3 is 15.2 Å². The van der Waals surface area contributed by atoms with E-state index in [2.05, 4.69) is 0 Å². The molecule has 3 atom stereocenters.